The van der Waals surface area contributed by atoms with Crippen LogP contribution in [-0.4, -0.2) is 42.9 Å². The molecule has 2 N–H and O–H groups in total. The second kappa shape index (κ2) is 13.2. The van der Waals surface area contributed by atoms with Crippen LogP contribution in [0.4, 0.5) is 5.69 Å². The Morgan fingerprint density at radius 1 is 1.06 bits per heavy atom. The zero-order valence-electron chi connectivity index (χ0n) is 19.0. The average Bonchev–Trinajstić information content (AvgIpc) is 3.28. The molecule has 7 heteroatoms. The Kier molecular flexibility index (Phi) is 9.61. The molecule has 0 aliphatic heterocycles. The number of anilines is 1. The van der Waals surface area contributed by atoms with Gasteiger partial charge in [-0.2, -0.15) is 0 Å². The highest BCUT2D eigenvalue weighted by Gasteiger charge is 2.06. The number of hydrogen-bond acceptors (Lipinski definition) is 4. The van der Waals surface area contributed by atoms with E-state index in [1.807, 2.05) is 36.7 Å². The van der Waals surface area contributed by atoms with Gasteiger partial charge in [-0.3, -0.25) is 4.99 Å². The molecule has 32 heavy (non-hydrogen) atoms. The van der Waals surface area contributed by atoms with Crippen molar-refractivity contribution in [1.29, 1.82) is 0 Å². The molecule has 7 nitrogen and oxygen atoms in total. The Morgan fingerprint density at radius 3 is 2.75 bits per heavy atom. The number of benzene rings is 2. The first-order valence-electron chi connectivity index (χ1n) is 11.0. The van der Waals surface area contributed by atoms with Crippen LogP contribution in [0.3, 0.4) is 0 Å². The molecule has 170 valence electrons. The van der Waals surface area contributed by atoms with Crippen molar-refractivity contribution in [2.75, 3.05) is 32.7 Å². The van der Waals surface area contributed by atoms with Gasteiger partial charge in [0.25, 0.3) is 0 Å². The number of aromatic nitrogens is 2. The van der Waals surface area contributed by atoms with Crippen LogP contribution in [0.25, 0.3) is 0 Å². The Hall–Kier alpha value is -3.32. The SMILES string of the molecule is CN=C(NCc1nccn1CCCc1ccccc1)Nc1cccc(OCCCOC)c1. The molecule has 0 amide bonds. The van der Waals surface area contributed by atoms with E-state index in [1.165, 1.54) is 5.56 Å². The van der Waals surface area contributed by atoms with Gasteiger partial charge in [-0.25, -0.2) is 4.98 Å². The minimum Gasteiger partial charge on any atom is -0.493 e. The number of ether oxygens (including phenoxy) is 2. The summed E-state index contributed by atoms with van der Waals surface area (Å²) in [5, 5.41) is 6.66. The van der Waals surface area contributed by atoms with Gasteiger partial charge < -0.3 is 24.7 Å². The molecule has 0 saturated heterocycles. The lowest BCUT2D eigenvalue weighted by molar-refractivity contribution is 0.172. The molecule has 0 unspecified atom stereocenters. The van der Waals surface area contributed by atoms with E-state index < -0.39 is 0 Å². The minimum atomic E-state index is 0.589. The van der Waals surface area contributed by atoms with E-state index in [9.17, 15) is 0 Å². The third kappa shape index (κ3) is 7.74. The van der Waals surface area contributed by atoms with Crippen LogP contribution in [0.5, 0.6) is 5.75 Å². The van der Waals surface area contributed by atoms with Crippen molar-refractivity contribution >= 4 is 11.6 Å². The average molecular weight is 436 g/mol. The zero-order valence-corrected chi connectivity index (χ0v) is 19.0. The van der Waals surface area contributed by atoms with Crippen molar-refractivity contribution in [1.82, 2.24) is 14.9 Å². The first-order valence-corrected chi connectivity index (χ1v) is 11.0. The maximum atomic E-state index is 5.77. The van der Waals surface area contributed by atoms with Crippen LogP contribution in [0.15, 0.2) is 72.0 Å². The van der Waals surface area contributed by atoms with Gasteiger partial charge in [0.15, 0.2) is 5.96 Å². The summed E-state index contributed by atoms with van der Waals surface area (Å²) in [6, 6.07) is 18.4. The van der Waals surface area contributed by atoms with Gasteiger partial charge >= 0.3 is 0 Å². The van der Waals surface area contributed by atoms with Crippen LogP contribution in [0.1, 0.15) is 24.2 Å². The molecule has 0 saturated carbocycles. The van der Waals surface area contributed by atoms with E-state index in [4.69, 9.17) is 9.47 Å². The standard InChI is InChI=1S/C25H33N5O2/c1-26-25(29-22-12-6-13-23(19-22)32-18-8-17-31-2)28-20-24-27-14-16-30(24)15-7-11-21-9-4-3-5-10-21/h3-6,9-10,12-14,16,19H,7-8,11,15,17-18,20H2,1-2H3,(H2,26,28,29). The predicted octanol–water partition coefficient (Wildman–Crippen LogP) is 4.12. The first-order chi connectivity index (χ1) is 15.8. The van der Waals surface area contributed by atoms with E-state index in [0.29, 0.717) is 25.7 Å². The summed E-state index contributed by atoms with van der Waals surface area (Å²) >= 11 is 0. The van der Waals surface area contributed by atoms with Crippen molar-refractivity contribution in [3.8, 4) is 5.75 Å². The second-order valence-electron chi connectivity index (χ2n) is 7.40. The highest BCUT2D eigenvalue weighted by Crippen LogP contribution is 2.17. The molecule has 0 aliphatic carbocycles. The molecule has 0 bridgehead atoms. The van der Waals surface area contributed by atoms with Gasteiger partial charge in [0.2, 0.25) is 0 Å². The molecule has 1 heterocycles. The van der Waals surface area contributed by atoms with Crippen molar-refractivity contribution < 1.29 is 9.47 Å². The van der Waals surface area contributed by atoms with Gasteiger partial charge in [-0.1, -0.05) is 36.4 Å². The summed E-state index contributed by atoms with van der Waals surface area (Å²) in [7, 11) is 3.45. The van der Waals surface area contributed by atoms with Crippen molar-refractivity contribution in [3.05, 3.63) is 78.4 Å². The van der Waals surface area contributed by atoms with Crippen molar-refractivity contribution in [2.24, 2.45) is 4.99 Å². The predicted molar refractivity (Wildman–Crippen MR) is 129 cm³/mol. The molecule has 2 aromatic carbocycles. The van der Waals surface area contributed by atoms with Gasteiger partial charge in [0.05, 0.1) is 13.2 Å². The summed E-state index contributed by atoms with van der Waals surface area (Å²) in [6.07, 6.45) is 6.86. The van der Waals surface area contributed by atoms with E-state index in [-0.39, 0.29) is 0 Å². The number of aryl methyl sites for hydroxylation is 2. The largest absolute Gasteiger partial charge is 0.493 e. The summed E-state index contributed by atoms with van der Waals surface area (Å²) in [5.41, 5.74) is 2.27. The fraction of sp³-hybridized carbons (Fsp3) is 0.360. The third-order valence-electron chi connectivity index (χ3n) is 5.00. The summed E-state index contributed by atoms with van der Waals surface area (Å²) in [4.78, 5) is 8.84. The molecule has 0 aliphatic rings. The van der Waals surface area contributed by atoms with Gasteiger partial charge in [0.1, 0.15) is 11.6 Å². The molecular weight excluding hydrogens is 402 g/mol. The second-order valence-corrected chi connectivity index (χ2v) is 7.40. The molecule has 1 aromatic heterocycles. The smallest absolute Gasteiger partial charge is 0.195 e. The highest BCUT2D eigenvalue weighted by atomic mass is 16.5. The van der Waals surface area contributed by atoms with E-state index in [0.717, 1.165) is 43.1 Å². The number of rotatable bonds is 12. The Bertz CT molecular complexity index is 956. The lowest BCUT2D eigenvalue weighted by Gasteiger charge is -2.14. The summed E-state index contributed by atoms with van der Waals surface area (Å²) < 4.78 is 13.0. The molecule has 3 rings (SSSR count). The summed E-state index contributed by atoms with van der Waals surface area (Å²) in [5.74, 6) is 2.48. The number of nitrogens with zero attached hydrogens (tertiary/aromatic N) is 3. The quantitative estimate of drug-likeness (QED) is 0.254. The lowest BCUT2D eigenvalue weighted by atomic mass is 10.1. The molecule has 0 fully saturated rings. The van der Waals surface area contributed by atoms with E-state index in [1.54, 1.807) is 14.2 Å². The number of guanidine groups is 1. The van der Waals surface area contributed by atoms with E-state index >= 15 is 0 Å². The zero-order chi connectivity index (χ0) is 22.4. The number of aliphatic imine (C=N–C) groups is 1. The lowest BCUT2D eigenvalue weighted by Crippen LogP contribution is -2.31. The molecule has 0 atom stereocenters. The fourth-order valence-electron chi connectivity index (χ4n) is 3.34. The number of hydrogen-bond donors (Lipinski definition) is 2. The number of imidazole rings is 1. The Balaban J connectivity index is 1.47. The van der Waals surface area contributed by atoms with Crippen LogP contribution >= 0.6 is 0 Å². The van der Waals surface area contributed by atoms with Crippen molar-refractivity contribution in [3.63, 3.8) is 0 Å². The molecule has 3 aromatic rings. The van der Waals surface area contributed by atoms with Crippen LogP contribution < -0.4 is 15.4 Å². The fourth-order valence-corrected chi connectivity index (χ4v) is 3.34. The van der Waals surface area contributed by atoms with E-state index in [2.05, 4.69) is 55.5 Å². The topological polar surface area (TPSA) is 72.7 Å². The maximum absolute atomic E-state index is 5.77. The molecular formula is C25H33N5O2. The normalized spacial score (nSPS) is 11.4. The number of methoxy groups -OCH3 is 1. The van der Waals surface area contributed by atoms with Crippen molar-refractivity contribution in [2.45, 2.75) is 32.4 Å². The van der Waals surface area contributed by atoms with Crippen LogP contribution in [-0.2, 0) is 24.2 Å². The first kappa shape index (κ1) is 23.3. The maximum Gasteiger partial charge on any atom is 0.195 e. The van der Waals surface area contributed by atoms with Gasteiger partial charge in [-0.15, -0.1) is 0 Å². The Morgan fingerprint density at radius 2 is 1.94 bits per heavy atom. The molecule has 0 radical (unpaired) electrons. The third-order valence-corrected chi connectivity index (χ3v) is 5.00. The summed E-state index contributed by atoms with van der Waals surface area (Å²) in [6.45, 7) is 2.83. The number of nitrogens with one attached hydrogen (secondary N) is 2. The van der Waals surface area contributed by atoms with Gasteiger partial charge in [0, 0.05) is 57.9 Å². The monoisotopic (exact) mass is 435 g/mol. The minimum absolute atomic E-state index is 0.589. The van der Waals surface area contributed by atoms with Crippen LogP contribution in [0, 0.1) is 0 Å². The highest BCUT2D eigenvalue weighted by molar-refractivity contribution is 5.93. The van der Waals surface area contributed by atoms with Crippen LogP contribution in [0.2, 0.25) is 0 Å². The Labute approximate surface area is 190 Å². The van der Waals surface area contributed by atoms with Gasteiger partial charge in [-0.05, 0) is 30.5 Å². The molecule has 0 spiro atoms.